The van der Waals surface area contributed by atoms with E-state index in [1.165, 1.54) is 0 Å². The Hall–Kier alpha value is -1.04. The van der Waals surface area contributed by atoms with E-state index >= 15 is 0 Å². The van der Waals surface area contributed by atoms with Gasteiger partial charge in [0, 0.05) is 12.3 Å². The zero-order chi connectivity index (χ0) is 8.43. The maximum Gasteiger partial charge on any atom is 0.289 e. The van der Waals surface area contributed by atoms with Gasteiger partial charge in [0.2, 0.25) is 5.95 Å². The molecule has 0 atom stereocenters. The highest BCUT2D eigenvalue weighted by Gasteiger charge is 2.15. The second-order valence-corrected chi connectivity index (χ2v) is 2.48. The molecule has 1 aromatic rings. The SMILES string of the molecule is O=[N+]([O-])c1ccnc(F)c1Br. The quantitative estimate of drug-likeness (QED) is 0.413. The van der Waals surface area contributed by atoms with Crippen LogP contribution in [0.5, 0.6) is 0 Å². The molecule has 0 saturated carbocycles. The number of halogens is 2. The molecule has 1 aromatic heterocycles. The Labute approximate surface area is 69.3 Å². The van der Waals surface area contributed by atoms with Crippen molar-refractivity contribution in [2.24, 2.45) is 0 Å². The Morgan fingerprint density at radius 3 is 2.82 bits per heavy atom. The average molecular weight is 221 g/mol. The first-order chi connectivity index (χ1) is 5.13. The average Bonchev–Trinajstić information content (AvgIpc) is 1.94. The highest BCUT2D eigenvalue weighted by molar-refractivity contribution is 9.10. The van der Waals surface area contributed by atoms with Gasteiger partial charge in [-0.2, -0.15) is 4.39 Å². The minimum Gasteiger partial charge on any atom is -0.258 e. The number of pyridine rings is 1. The van der Waals surface area contributed by atoms with Crippen molar-refractivity contribution in [3.8, 4) is 0 Å². The van der Waals surface area contributed by atoms with Gasteiger partial charge in [-0.25, -0.2) is 4.98 Å². The fourth-order valence-electron chi connectivity index (χ4n) is 0.550. The molecule has 1 heterocycles. The Morgan fingerprint density at radius 2 is 2.36 bits per heavy atom. The van der Waals surface area contributed by atoms with E-state index in [9.17, 15) is 14.5 Å². The van der Waals surface area contributed by atoms with E-state index in [4.69, 9.17) is 0 Å². The third-order valence-corrected chi connectivity index (χ3v) is 1.76. The minimum atomic E-state index is -0.876. The third kappa shape index (κ3) is 1.51. The summed E-state index contributed by atoms with van der Waals surface area (Å²) in [4.78, 5) is 12.7. The highest BCUT2D eigenvalue weighted by Crippen LogP contribution is 2.24. The molecule has 0 unspecified atom stereocenters. The van der Waals surface area contributed by atoms with Crippen LogP contribution < -0.4 is 0 Å². The molecule has 6 heteroatoms. The number of hydrogen-bond donors (Lipinski definition) is 0. The molecule has 0 aliphatic rings. The standard InChI is InChI=1S/C5H2BrFN2O2/c6-4-3(9(10)11)1-2-8-5(4)7/h1-2H. The predicted molar refractivity (Wildman–Crippen MR) is 38.5 cm³/mol. The molecule has 0 bridgehead atoms. The second kappa shape index (κ2) is 2.91. The van der Waals surface area contributed by atoms with Crippen molar-refractivity contribution in [2.75, 3.05) is 0 Å². The Bertz CT molecular complexity index is 305. The summed E-state index contributed by atoms with van der Waals surface area (Å²) in [6.07, 6.45) is 1.04. The van der Waals surface area contributed by atoms with E-state index in [0.717, 1.165) is 12.3 Å². The van der Waals surface area contributed by atoms with Crippen molar-refractivity contribution >= 4 is 21.6 Å². The Kier molecular flexibility index (Phi) is 2.13. The number of nitro groups is 1. The van der Waals surface area contributed by atoms with Crippen molar-refractivity contribution in [1.82, 2.24) is 4.98 Å². The number of nitrogens with zero attached hydrogens (tertiary/aromatic N) is 2. The summed E-state index contributed by atoms with van der Waals surface area (Å²) in [5.41, 5.74) is -0.322. The fraction of sp³-hybridized carbons (Fsp3) is 0. The van der Waals surface area contributed by atoms with Gasteiger partial charge in [0.1, 0.15) is 0 Å². The molecule has 0 N–H and O–H groups in total. The fourth-order valence-corrected chi connectivity index (χ4v) is 0.929. The zero-order valence-corrected chi connectivity index (χ0v) is 6.71. The molecule has 0 aromatic carbocycles. The zero-order valence-electron chi connectivity index (χ0n) is 5.12. The number of rotatable bonds is 1. The van der Waals surface area contributed by atoms with Crippen molar-refractivity contribution in [3.63, 3.8) is 0 Å². The monoisotopic (exact) mass is 220 g/mol. The molecule has 0 aliphatic heterocycles. The molecule has 0 saturated heterocycles. The summed E-state index contributed by atoms with van der Waals surface area (Å²) in [7, 11) is 0. The molecule has 0 amide bonds. The maximum atomic E-state index is 12.5. The van der Waals surface area contributed by atoms with Crippen molar-refractivity contribution in [1.29, 1.82) is 0 Å². The molecule has 0 fully saturated rings. The van der Waals surface area contributed by atoms with Crippen molar-refractivity contribution in [2.45, 2.75) is 0 Å². The van der Waals surface area contributed by atoms with Crippen LogP contribution in [0, 0.1) is 16.1 Å². The van der Waals surface area contributed by atoms with Crippen LogP contribution in [0.3, 0.4) is 0 Å². The lowest BCUT2D eigenvalue weighted by Crippen LogP contribution is -1.92. The molecule has 4 nitrogen and oxygen atoms in total. The largest absolute Gasteiger partial charge is 0.289 e. The minimum absolute atomic E-state index is 0.218. The molecular weight excluding hydrogens is 219 g/mol. The molecular formula is C5H2BrFN2O2. The van der Waals surface area contributed by atoms with E-state index in [1.807, 2.05) is 0 Å². The van der Waals surface area contributed by atoms with Gasteiger partial charge < -0.3 is 0 Å². The Morgan fingerprint density at radius 1 is 1.73 bits per heavy atom. The van der Waals surface area contributed by atoms with Crippen molar-refractivity contribution < 1.29 is 9.31 Å². The summed E-state index contributed by atoms with van der Waals surface area (Å²) in [5.74, 6) is -0.876. The first-order valence-corrected chi connectivity index (χ1v) is 3.36. The van der Waals surface area contributed by atoms with Gasteiger partial charge in [-0.05, 0) is 15.9 Å². The van der Waals surface area contributed by atoms with Gasteiger partial charge in [-0.1, -0.05) is 0 Å². The maximum absolute atomic E-state index is 12.5. The topological polar surface area (TPSA) is 56.0 Å². The van der Waals surface area contributed by atoms with Gasteiger partial charge in [-0.15, -0.1) is 0 Å². The molecule has 58 valence electrons. The third-order valence-electron chi connectivity index (χ3n) is 1.02. The number of aromatic nitrogens is 1. The number of hydrogen-bond acceptors (Lipinski definition) is 3. The van der Waals surface area contributed by atoms with Crippen LogP contribution in [0.1, 0.15) is 0 Å². The molecule has 0 radical (unpaired) electrons. The lowest BCUT2D eigenvalue weighted by atomic mass is 10.4. The van der Waals surface area contributed by atoms with Gasteiger partial charge >= 0.3 is 0 Å². The molecule has 0 spiro atoms. The first kappa shape index (κ1) is 8.06. The van der Waals surface area contributed by atoms with Gasteiger partial charge in [0.25, 0.3) is 5.69 Å². The summed E-state index contributed by atoms with van der Waals surface area (Å²) in [5, 5.41) is 10.2. The van der Waals surface area contributed by atoms with Crippen LogP contribution >= 0.6 is 15.9 Å². The Balaban J connectivity index is 3.27. The van der Waals surface area contributed by atoms with E-state index in [2.05, 4.69) is 20.9 Å². The normalized spacial score (nSPS) is 9.64. The van der Waals surface area contributed by atoms with Crippen LogP contribution in [0.25, 0.3) is 0 Å². The van der Waals surface area contributed by atoms with Crippen LogP contribution in [0.15, 0.2) is 16.7 Å². The van der Waals surface area contributed by atoms with Gasteiger partial charge in [-0.3, -0.25) is 10.1 Å². The summed E-state index contributed by atoms with van der Waals surface area (Å²) < 4.78 is 12.3. The lowest BCUT2D eigenvalue weighted by molar-refractivity contribution is -0.386. The lowest BCUT2D eigenvalue weighted by Gasteiger charge is -1.93. The van der Waals surface area contributed by atoms with Crippen LogP contribution in [-0.2, 0) is 0 Å². The smallest absolute Gasteiger partial charge is 0.258 e. The van der Waals surface area contributed by atoms with E-state index in [1.54, 1.807) is 0 Å². The summed E-state index contributed by atoms with van der Waals surface area (Å²) in [6, 6.07) is 1.12. The van der Waals surface area contributed by atoms with Gasteiger partial charge in [0.05, 0.1) is 4.92 Å². The predicted octanol–water partition coefficient (Wildman–Crippen LogP) is 1.89. The van der Waals surface area contributed by atoms with Crippen LogP contribution in [0.4, 0.5) is 10.1 Å². The summed E-state index contributed by atoms with van der Waals surface area (Å²) in [6.45, 7) is 0. The van der Waals surface area contributed by atoms with Crippen LogP contribution in [-0.4, -0.2) is 9.91 Å². The van der Waals surface area contributed by atoms with E-state index in [0.29, 0.717) is 0 Å². The molecule has 0 aliphatic carbocycles. The molecule has 1 rings (SSSR count). The van der Waals surface area contributed by atoms with E-state index in [-0.39, 0.29) is 10.2 Å². The first-order valence-electron chi connectivity index (χ1n) is 2.57. The van der Waals surface area contributed by atoms with E-state index < -0.39 is 10.9 Å². The summed E-state index contributed by atoms with van der Waals surface area (Å²) >= 11 is 2.70. The van der Waals surface area contributed by atoms with Crippen LogP contribution in [0.2, 0.25) is 0 Å². The second-order valence-electron chi connectivity index (χ2n) is 1.69. The van der Waals surface area contributed by atoms with Crippen molar-refractivity contribution in [3.05, 3.63) is 32.8 Å². The highest BCUT2D eigenvalue weighted by atomic mass is 79.9. The van der Waals surface area contributed by atoms with Gasteiger partial charge in [0.15, 0.2) is 4.47 Å². The molecule has 11 heavy (non-hydrogen) atoms.